The Morgan fingerprint density at radius 1 is 1.35 bits per heavy atom. The van der Waals surface area contributed by atoms with Crippen LogP contribution in [0.15, 0.2) is 42.6 Å². The SMILES string of the molecule is CCOc1ccc(Cl)cc1C(c1ccccn1)N1CCC(C(=O)O)CC1. The Kier molecular flexibility index (Phi) is 6.12. The van der Waals surface area contributed by atoms with Crippen LogP contribution in [-0.4, -0.2) is 40.7 Å². The van der Waals surface area contributed by atoms with E-state index in [1.54, 1.807) is 6.20 Å². The largest absolute Gasteiger partial charge is 0.494 e. The second-order valence-corrected chi connectivity index (χ2v) is 6.86. The van der Waals surface area contributed by atoms with Crippen molar-refractivity contribution in [2.45, 2.75) is 25.8 Å². The molecule has 26 heavy (non-hydrogen) atoms. The van der Waals surface area contributed by atoms with E-state index >= 15 is 0 Å². The fraction of sp³-hybridized carbons (Fsp3) is 0.400. The zero-order chi connectivity index (χ0) is 18.5. The number of ether oxygens (including phenoxy) is 1. The standard InChI is InChI=1S/C20H23ClN2O3/c1-2-26-18-7-6-15(21)13-16(18)19(17-5-3-4-10-22-17)23-11-8-14(9-12-23)20(24)25/h3-7,10,13-14,19H,2,8-9,11-12H2,1H3,(H,24,25). The molecule has 1 saturated heterocycles. The molecule has 138 valence electrons. The van der Waals surface area contributed by atoms with E-state index < -0.39 is 5.97 Å². The molecule has 0 bridgehead atoms. The summed E-state index contributed by atoms with van der Waals surface area (Å²) < 4.78 is 5.84. The van der Waals surface area contributed by atoms with Crippen molar-refractivity contribution in [3.63, 3.8) is 0 Å². The summed E-state index contributed by atoms with van der Waals surface area (Å²) in [6.45, 7) is 3.89. The molecule has 0 saturated carbocycles. The molecule has 0 amide bonds. The fourth-order valence-corrected chi connectivity index (χ4v) is 3.69. The van der Waals surface area contributed by atoms with Gasteiger partial charge >= 0.3 is 5.97 Å². The molecular weight excluding hydrogens is 352 g/mol. The maximum atomic E-state index is 11.3. The molecule has 3 rings (SSSR count). The number of carboxylic acids is 1. The summed E-state index contributed by atoms with van der Waals surface area (Å²) in [6.07, 6.45) is 3.03. The number of nitrogens with zero attached hydrogens (tertiary/aromatic N) is 2. The molecule has 1 aromatic carbocycles. The van der Waals surface area contributed by atoms with Crippen molar-refractivity contribution >= 4 is 17.6 Å². The van der Waals surface area contributed by atoms with Gasteiger partial charge in [0, 0.05) is 16.8 Å². The van der Waals surface area contributed by atoms with Gasteiger partial charge in [0.25, 0.3) is 0 Å². The van der Waals surface area contributed by atoms with Crippen LogP contribution in [0.25, 0.3) is 0 Å². The van der Waals surface area contributed by atoms with E-state index in [-0.39, 0.29) is 12.0 Å². The molecule has 5 nitrogen and oxygen atoms in total. The number of pyridine rings is 1. The van der Waals surface area contributed by atoms with Crippen LogP contribution in [0.1, 0.15) is 37.1 Å². The van der Waals surface area contributed by atoms with Gasteiger partial charge in [0.15, 0.2) is 0 Å². The topological polar surface area (TPSA) is 62.7 Å². The van der Waals surface area contributed by atoms with Crippen LogP contribution in [0.2, 0.25) is 5.02 Å². The van der Waals surface area contributed by atoms with Gasteiger partial charge < -0.3 is 9.84 Å². The summed E-state index contributed by atoms with van der Waals surface area (Å²) in [5, 5.41) is 9.92. The van der Waals surface area contributed by atoms with Crippen molar-refractivity contribution in [3.05, 3.63) is 58.9 Å². The van der Waals surface area contributed by atoms with Gasteiger partial charge in [-0.3, -0.25) is 14.7 Å². The van der Waals surface area contributed by atoms with Crippen LogP contribution in [0.3, 0.4) is 0 Å². The van der Waals surface area contributed by atoms with E-state index in [1.165, 1.54) is 0 Å². The van der Waals surface area contributed by atoms with E-state index in [1.807, 2.05) is 43.3 Å². The molecule has 0 aliphatic carbocycles. The molecule has 1 aliphatic heterocycles. The molecule has 1 atom stereocenters. The van der Waals surface area contributed by atoms with Gasteiger partial charge in [-0.1, -0.05) is 17.7 Å². The van der Waals surface area contributed by atoms with Crippen molar-refractivity contribution in [3.8, 4) is 5.75 Å². The van der Waals surface area contributed by atoms with Crippen LogP contribution in [-0.2, 0) is 4.79 Å². The summed E-state index contributed by atoms with van der Waals surface area (Å²) in [7, 11) is 0. The number of aromatic nitrogens is 1. The van der Waals surface area contributed by atoms with Crippen molar-refractivity contribution < 1.29 is 14.6 Å². The van der Waals surface area contributed by atoms with E-state index in [0.29, 0.717) is 37.6 Å². The second-order valence-electron chi connectivity index (χ2n) is 6.42. The fourth-order valence-electron chi connectivity index (χ4n) is 3.51. The Balaban J connectivity index is 1.98. The van der Waals surface area contributed by atoms with Crippen LogP contribution in [0.4, 0.5) is 0 Å². The minimum absolute atomic E-state index is 0.119. The molecule has 1 unspecified atom stereocenters. The molecule has 6 heteroatoms. The Bertz CT molecular complexity index is 746. The molecule has 0 spiro atoms. The van der Waals surface area contributed by atoms with Crippen molar-refractivity contribution in [1.29, 1.82) is 0 Å². The number of rotatable bonds is 6. The first-order valence-electron chi connectivity index (χ1n) is 8.90. The quantitative estimate of drug-likeness (QED) is 0.827. The van der Waals surface area contributed by atoms with Crippen LogP contribution in [0, 0.1) is 5.92 Å². The van der Waals surface area contributed by atoms with Gasteiger partial charge in [0.05, 0.1) is 24.3 Å². The molecule has 1 N–H and O–H groups in total. The lowest BCUT2D eigenvalue weighted by molar-refractivity contribution is -0.143. The average molecular weight is 375 g/mol. The highest BCUT2D eigenvalue weighted by Gasteiger charge is 2.32. The van der Waals surface area contributed by atoms with E-state index in [2.05, 4.69) is 9.88 Å². The third kappa shape index (κ3) is 4.17. The lowest BCUT2D eigenvalue weighted by Crippen LogP contribution is -2.39. The highest BCUT2D eigenvalue weighted by molar-refractivity contribution is 6.30. The third-order valence-electron chi connectivity index (χ3n) is 4.78. The number of hydrogen-bond donors (Lipinski definition) is 1. The number of hydrogen-bond acceptors (Lipinski definition) is 4. The van der Waals surface area contributed by atoms with Crippen LogP contribution in [0.5, 0.6) is 5.75 Å². The zero-order valence-electron chi connectivity index (χ0n) is 14.8. The zero-order valence-corrected chi connectivity index (χ0v) is 15.5. The van der Waals surface area contributed by atoms with Crippen molar-refractivity contribution in [1.82, 2.24) is 9.88 Å². The molecule has 1 aromatic heterocycles. The van der Waals surface area contributed by atoms with Gasteiger partial charge in [-0.15, -0.1) is 0 Å². The Labute approximate surface area is 158 Å². The number of piperidine rings is 1. The summed E-state index contributed by atoms with van der Waals surface area (Å²) in [6, 6.07) is 11.4. The number of carboxylic acid groups (broad SMARTS) is 1. The summed E-state index contributed by atoms with van der Waals surface area (Å²) in [5.41, 5.74) is 1.87. The lowest BCUT2D eigenvalue weighted by atomic mass is 9.92. The Hall–Kier alpha value is -2.11. The average Bonchev–Trinajstić information content (AvgIpc) is 2.65. The van der Waals surface area contributed by atoms with Crippen molar-refractivity contribution in [2.75, 3.05) is 19.7 Å². The minimum Gasteiger partial charge on any atom is -0.494 e. The predicted octanol–water partition coefficient (Wildman–Crippen LogP) is 4.02. The van der Waals surface area contributed by atoms with E-state index in [0.717, 1.165) is 17.0 Å². The number of carbonyl (C=O) groups is 1. The molecule has 2 aromatic rings. The van der Waals surface area contributed by atoms with Gasteiger partial charge in [-0.05, 0) is 63.2 Å². The number of likely N-dealkylation sites (tertiary alicyclic amines) is 1. The Morgan fingerprint density at radius 2 is 2.12 bits per heavy atom. The maximum Gasteiger partial charge on any atom is 0.306 e. The van der Waals surface area contributed by atoms with Gasteiger partial charge in [-0.2, -0.15) is 0 Å². The minimum atomic E-state index is -0.711. The maximum absolute atomic E-state index is 11.3. The highest BCUT2D eigenvalue weighted by Crippen LogP contribution is 2.37. The molecule has 1 fully saturated rings. The molecule has 0 radical (unpaired) electrons. The second kappa shape index (κ2) is 8.52. The smallest absolute Gasteiger partial charge is 0.306 e. The summed E-state index contributed by atoms with van der Waals surface area (Å²) in [5.74, 6) is -0.203. The molecule has 1 aliphatic rings. The van der Waals surface area contributed by atoms with Crippen LogP contribution >= 0.6 is 11.6 Å². The summed E-state index contributed by atoms with van der Waals surface area (Å²) in [4.78, 5) is 18.1. The van der Waals surface area contributed by atoms with Crippen LogP contribution < -0.4 is 4.74 Å². The van der Waals surface area contributed by atoms with E-state index in [9.17, 15) is 9.90 Å². The number of aliphatic carboxylic acids is 1. The van der Waals surface area contributed by atoms with E-state index in [4.69, 9.17) is 16.3 Å². The highest BCUT2D eigenvalue weighted by atomic mass is 35.5. The predicted molar refractivity (Wildman–Crippen MR) is 101 cm³/mol. The molecular formula is C20H23ClN2O3. The normalized spacial score (nSPS) is 17.0. The first-order valence-corrected chi connectivity index (χ1v) is 9.28. The van der Waals surface area contributed by atoms with Gasteiger partial charge in [0.2, 0.25) is 0 Å². The number of benzene rings is 1. The first-order chi connectivity index (χ1) is 12.6. The monoisotopic (exact) mass is 374 g/mol. The Morgan fingerprint density at radius 3 is 2.73 bits per heavy atom. The third-order valence-corrected chi connectivity index (χ3v) is 5.01. The summed E-state index contributed by atoms with van der Waals surface area (Å²) >= 11 is 6.28. The van der Waals surface area contributed by atoms with Crippen molar-refractivity contribution in [2.24, 2.45) is 5.92 Å². The first kappa shape index (κ1) is 18.7. The van der Waals surface area contributed by atoms with Gasteiger partial charge in [0.1, 0.15) is 5.75 Å². The molecule has 2 heterocycles. The van der Waals surface area contributed by atoms with Gasteiger partial charge in [-0.25, -0.2) is 0 Å². The number of halogens is 1. The lowest BCUT2D eigenvalue weighted by Gasteiger charge is -2.37.